The maximum atomic E-state index is 11.9. The molecule has 1 atom stereocenters. The first-order valence-corrected chi connectivity index (χ1v) is 8.29. The van der Waals surface area contributed by atoms with E-state index in [4.69, 9.17) is 0 Å². The SMILES string of the molecule is Cc1cccc(C2CCCCN2S(C)(=O)=O)c1C. The first-order valence-electron chi connectivity index (χ1n) is 6.44. The number of nitrogens with zero attached hydrogens (tertiary/aromatic N) is 1. The average molecular weight is 267 g/mol. The fourth-order valence-electron chi connectivity index (χ4n) is 2.75. The Hall–Kier alpha value is -0.870. The molecule has 0 amide bonds. The lowest BCUT2D eigenvalue weighted by molar-refractivity contribution is 0.257. The van der Waals surface area contributed by atoms with Gasteiger partial charge in [0.25, 0.3) is 0 Å². The number of hydrogen-bond acceptors (Lipinski definition) is 2. The number of aryl methyl sites for hydroxylation is 1. The largest absolute Gasteiger partial charge is 0.212 e. The lowest BCUT2D eigenvalue weighted by Crippen LogP contribution is -2.38. The van der Waals surface area contributed by atoms with Crippen molar-refractivity contribution in [2.75, 3.05) is 12.8 Å². The molecule has 1 aliphatic rings. The number of benzene rings is 1. The summed E-state index contributed by atoms with van der Waals surface area (Å²) in [4.78, 5) is 0. The molecule has 4 heteroatoms. The Kier molecular flexibility index (Phi) is 3.78. The zero-order valence-corrected chi connectivity index (χ0v) is 12.1. The van der Waals surface area contributed by atoms with Crippen LogP contribution in [0.1, 0.15) is 42.0 Å². The first kappa shape index (κ1) is 13.6. The molecule has 2 rings (SSSR count). The monoisotopic (exact) mass is 267 g/mol. The van der Waals surface area contributed by atoms with Crippen LogP contribution in [0.25, 0.3) is 0 Å². The van der Waals surface area contributed by atoms with Gasteiger partial charge in [-0.05, 0) is 43.4 Å². The van der Waals surface area contributed by atoms with Crippen LogP contribution in [0.2, 0.25) is 0 Å². The molecule has 18 heavy (non-hydrogen) atoms. The molecule has 0 spiro atoms. The van der Waals surface area contributed by atoms with Crippen molar-refractivity contribution in [3.05, 3.63) is 34.9 Å². The number of rotatable bonds is 2. The summed E-state index contributed by atoms with van der Waals surface area (Å²) >= 11 is 0. The lowest BCUT2D eigenvalue weighted by atomic mass is 9.92. The molecule has 100 valence electrons. The highest BCUT2D eigenvalue weighted by atomic mass is 32.2. The maximum Gasteiger partial charge on any atom is 0.211 e. The van der Waals surface area contributed by atoms with Gasteiger partial charge in [0.1, 0.15) is 0 Å². The van der Waals surface area contributed by atoms with Gasteiger partial charge >= 0.3 is 0 Å². The van der Waals surface area contributed by atoms with Crippen LogP contribution in [-0.4, -0.2) is 25.5 Å². The first-order chi connectivity index (χ1) is 8.41. The summed E-state index contributed by atoms with van der Waals surface area (Å²) in [6, 6.07) is 6.18. The quantitative estimate of drug-likeness (QED) is 0.826. The molecular weight excluding hydrogens is 246 g/mol. The fraction of sp³-hybridized carbons (Fsp3) is 0.571. The Morgan fingerprint density at radius 3 is 2.61 bits per heavy atom. The van der Waals surface area contributed by atoms with Crippen molar-refractivity contribution >= 4 is 10.0 Å². The third-order valence-electron chi connectivity index (χ3n) is 3.89. The van der Waals surface area contributed by atoms with Gasteiger partial charge in [-0.3, -0.25) is 0 Å². The van der Waals surface area contributed by atoms with Gasteiger partial charge in [0.15, 0.2) is 0 Å². The molecule has 1 unspecified atom stereocenters. The fourth-order valence-corrected chi connectivity index (χ4v) is 3.89. The zero-order valence-electron chi connectivity index (χ0n) is 11.3. The van der Waals surface area contributed by atoms with E-state index in [1.54, 1.807) is 4.31 Å². The normalized spacial score (nSPS) is 22.1. The third kappa shape index (κ3) is 2.59. The van der Waals surface area contributed by atoms with Crippen molar-refractivity contribution in [3.63, 3.8) is 0 Å². The second-order valence-electron chi connectivity index (χ2n) is 5.17. The van der Waals surface area contributed by atoms with E-state index in [2.05, 4.69) is 26.0 Å². The van der Waals surface area contributed by atoms with E-state index in [0.717, 1.165) is 19.3 Å². The van der Waals surface area contributed by atoms with E-state index in [1.807, 2.05) is 6.07 Å². The topological polar surface area (TPSA) is 37.4 Å². The van der Waals surface area contributed by atoms with Crippen LogP contribution in [0, 0.1) is 13.8 Å². The standard InChI is InChI=1S/C14H21NO2S/c1-11-7-6-8-13(12(11)2)14-9-4-5-10-15(14)18(3,16)17/h6-8,14H,4-5,9-10H2,1-3H3. The summed E-state index contributed by atoms with van der Waals surface area (Å²) < 4.78 is 25.4. The molecule has 1 fully saturated rings. The van der Waals surface area contributed by atoms with Gasteiger partial charge in [0.2, 0.25) is 10.0 Å². The maximum absolute atomic E-state index is 11.9. The van der Waals surface area contributed by atoms with Crippen LogP contribution < -0.4 is 0 Å². The van der Waals surface area contributed by atoms with E-state index in [1.165, 1.54) is 22.9 Å². The predicted octanol–water partition coefficient (Wildman–Crippen LogP) is 2.79. The Labute approximate surface area is 110 Å². The Bertz CT molecular complexity index is 537. The molecule has 0 N–H and O–H groups in total. The second kappa shape index (κ2) is 5.02. The van der Waals surface area contributed by atoms with Crippen molar-refractivity contribution in [3.8, 4) is 0 Å². The zero-order chi connectivity index (χ0) is 13.3. The van der Waals surface area contributed by atoms with Crippen LogP contribution in [0.4, 0.5) is 0 Å². The molecule has 1 aliphatic heterocycles. The molecule has 1 aromatic carbocycles. The van der Waals surface area contributed by atoms with E-state index < -0.39 is 10.0 Å². The summed E-state index contributed by atoms with van der Waals surface area (Å²) in [5.41, 5.74) is 3.62. The molecule has 0 aromatic heterocycles. The van der Waals surface area contributed by atoms with Gasteiger partial charge in [-0.25, -0.2) is 8.42 Å². The summed E-state index contributed by atoms with van der Waals surface area (Å²) in [6.45, 7) is 4.81. The molecule has 1 saturated heterocycles. The van der Waals surface area contributed by atoms with Gasteiger partial charge in [-0.1, -0.05) is 24.6 Å². The van der Waals surface area contributed by atoms with Gasteiger partial charge in [0, 0.05) is 12.6 Å². The summed E-state index contributed by atoms with van der Waals surface area (Å²) in [6.07, 6.45) is 4.31. The minimum Gasteiger partial charge on any atom is -0.212 e. The third-order valence-corrected chi connectivity index (χ3v) is 5.17. The van der Waals surface area contributed by atoms with Gasteiger partial charge in [-0.2, -0.15) is 4.31 Å². The Morgan fingerprint density at radius 1 is 1.22 bits per heavy atom. The van der Waals surface area contributed by atoms with E-state index >= 15 is 0 Å². The van der Waals surface area contributed by atoms with Crippen LogP contribution in [0.3, 0.4) is 0 Å². The minimum absolute atomic E-state index is 0.0219. The van der Waals surface area contributed by atoms with Gasteiger partial charge in [0.05, 0.1) is 6.26 Å². The lowest BCUT2D eigenvalue weighted by Gasteiger charge is -2.35. The molecule has 0 aliphatic carbocycles. The van der Waals surface area contributed by atoms with Gasteiger partial charge < -0.3 is 0 Å². The van der Waals surface area contributed by atoms with Crippen LogP contribution in [0.15, 0.2) is 18.2 Å². The number of hydrogen-bond donors (Lipinski definition) is 0. The smallest absolute Gasteiger partial charge is 0.211 e. The molecule has 1 aromatic rings. The van der Waals surface area contributed by atoms with Crippen molar-refractivity contribution in [2.45, 2.75) is 39.2 Å². The molecule has 0 radical (unpaired) electrons. The van der Waals surface area contributed by atoms with Crippen molar-refractivity contribution in [1.29, 1.82) is 0 Å². The van der Waals surface area contributed by atoms with Crippen LogP contribution in [-0.2, 0) is 10.0 Å². The average Bonchev–Trinajstić information content (AvgIpc) is 2.32. The predicted molar refractivity (Wildman–Crippen MR) is 74.1 cm³/mol. The highest BCUT2D eigenvalue weighted by molar-refractivity contribution is 7.88. The number of sulfonamides is 1. The van der Waals surface area contributed by atoms with Crippen LogP contribution in [0.5, 0.6) is 0 Å². The Morgan fingerprint density at radius 2 is 1.94 bits per heavy atom. The van der Waals surface area contributed by atoms with E-state index in [0.29, 0.717) is 6.54 Å². The van der Waals surface area contributed by atoms with E-state index in [-0.39, 0.29) is 6.04 Å². The van der Waals surface area contributed by atoms with Gasteiger partial charge in [-0.15, -0.1) is 0 Å². The van der Waals surface area contributed by atoms with Crippen molar-refractivity contribution in [2.24, 2.45) is 0 Å². The highest BCUT2D eigenvalue weighted by Crippen LogP contribution is 2.34. The minimum atomic E-state index is -3.12. The molecular formula is C14H21NO2S. The number of piperidine rings is 1. The molecule has 1 heterocycles. The highest BCUT2D eigenvalue weighted by Gasteiger charge is 2.31. The summed E-state index contributed by atoms with van der Waals surface area (Å²) in [5, 5.41) is 0. The second-order valence-corrected chi connectivity index (χ2v) is 7.11. The van der Waals surface area contributed by atoms with Crippen molar-refractivity contribution in [1.82, 2.24) is 4.31 Å². The van der Waals surface area contributed by atoms with E-state index in [9.17, 15) is 8.42 Å². The molecule has 0 saturated carbocycles. The molecule has 3 nitrogen and oxygen atoms in total. The van der Waals surface area contributed by atoms with Crippen LogP contribution >= 0.6 is 0 Å². The Balaban J connectivity index is 2.43. The molecule has 0 bridgehead atoms. The summed E-state index contributed by atoms with van der Waals surface area (Å²) in [5.74, 6) is 0. The van der Waals surface area contributed by atoms with Crippen molar-refractivity contribution < 1.29 is 8.42 Å². The summed E-state index contributed by atoms with van der Waals surface area (Å²) in [7, 11) is -3.12.